The molecule has 0 bridgehead atoms. The van der Waals surface area contributed by atoms with Crippen molar-refractivity contribution in [2.75, 3.05) is 11.9 Å². The Morgan fingerprint density at radius 2 is 2.08 bits per heavy atom. The quantitative estimate of drug-likeness (QED) is 0.390. The van der Waals surface area contributed by atoms with E-state index in [0.29, 0.717) is 18.7 Å². The second-order valence-corrected chi connectivity index (χ2v) is 6.28. The summed E-state index contributed by atoms with van der Waals surface area (Å²) in [5.74, 6) is 0.542. The lowest BCUT2D eigenvalue weighted by atomic mass is 10.2. The number of halogens is 1. The van der Waals surface area contributed by atoms with Crippen LogP contribution < -0.4 is 10.1 Å². The van der Waals surface area contributed by atoms with Gasteiger partial charge >= 0.3 is 0 Å². The van der Waals surface area contributed by atoms with Gasteiger partial charge in [0.1, 0.15) is 5.75 Å². The third-order valence-electron chi connectivity index (χ3n) is 3.55. The van der Waals surface area contributed by atoms with Crippen LogP contribution in [0.1, 0.15) is 25.3 Å². The maximum atomic E-state index is 11.9. The van der Waals surface area contributed by atoms with Crippen molar-refractivity contribution >= 4 is 33.2 Å². The molecule has 1 N–H and O–H groups in total. The Bertz CT molecular complexity index is 764. The van der Waals surface area contributed by atoms with Crippen molar-refractivity contribution in [2.45, 2.75) is 26.2 Å². The lowest BCUT2D eigenvalue weighted by molar-refractivity contribution is -0.384. The van der Waals surface area contributed by atoms with Crippen LogP contribution in [0.4, 0.5) is 11.4 Å². The summed E-state index contributed by atoms with van der Waals surface area (Å²) >= 11 is 3.47. The minimum absolute atomic E-state index is 0.0542. The molecule has 1 amide bonds. The largest absolute Gasteiger partial charge is 0.492 e. The number of amides is 1. The number of anilines is 1. The van der Waals surface area contributed by atoms with E-state index in [9.17, 15) is 14.9 Å². The van der Waals surface area contributed by atoms with E-state index in [1.807, 2.05) is 18.2 Å². The zero-order chi connectivity index (χ0) is 18.2. The van der Waals surface area contributed by atoms with Gasteiger partial charge in [-0.1, -0.05) is 19.1 Å². The lowest BCUT2D eigenvalue weighted by Gasteiger charge is -2.09. The second-order valence-electron chi connectivity index (χ2n) is 5.43. The molecule has 0 saturated carbocycles. The summed E-state index contributed by atoms with van der Waals surface area (Å²) in [6.07, 6.45) is 1.77. The van der Waals surface area contributed by atoms with Crippen LogP contribution in [0.15, 0.2) is 46.9 Å². The van der Waals surface area contributed by atoms with E-state index < -0.39 is 4.92 Å². The zero-order valence-corrected chi connectivity index (χ0v) is 15.4. The number of nitrogens with zero attached hydrogens (tertiary/aromatic N) is 1. The van der Waals surface area contributed by atoms with Crippen molar-refractivity contribution in [1.29, 1.82) is 0 Å². The van der Waals surface area contributed by atoms with Gasteiger partial charge in [-0.2, -0.15) is 0 Å². The number of aryl methyl sites for hydroxylation is 1. The third kappa shape index (κ3) is 5.86. The number of rotatable bonds is 8. The summed E-state index contributed by atoms with van der Waals surface area (Å²) in [6.45, 7) is 2.49. The molecule has 2 aromatic rings. The molecule has 25 heavy (non-hydrogen) atoms. The summed E-state index contributed by atoms with van der Waals surface area (Å²) < 4.78 is 6.57. The van der Waals surface area contributed by atoms with Gasteiger partial charge in [0.15, 0.2) is 0 Å². The van der Waals surface area contributed by atoms with Gasteiger partial charge < -0.3 is 10.1 Å². The van der Waals surface area contributed by atoms with Crippen molar-refractivity contribution in [3.05, 3.63) is 62.6 Å². The maximum absolute atomic E-state index is 11.9. The number of ether oxygens (including phenoxy) is 1. The van der Waals surface area contributed by atoms with Crippen molar-refractivity contribution in [3.8, 4) is 5.75 Å². The molecule has 6 nitrogen and oxygen atoms in total. The fourth-order valence-corrected chi connectivity index (χ4v) is 2.76. The minimum Gasteiger partial charge on any atom is -0.492 e. The topological polar surface area (TPSA) is 81.5 Å². The van der Waals surface area contributed by atoms with E-state index in [-0.39, 0.29) is 18.0 Å². The highest BCUT2D eigenvalue weighted by Gasteiger charge is 2.08. The van der Waals surface area contributed by atoms with Crippen molar-refractivity contribution in [1.82, 2.24) is 0 Å². The number of non-ortho nitro benzene ring substituents is 1. The Morgan fingerprint density at radius 3 is 2.76 bits per heavy atom. The van der Waals surface area contributed by atoms with Gasteiger partial charge in [0, 0.05) is 24.2 Å². The molecule has 0 aliphatic rings. The van der Waals surface area contributed by atoms with Crippen molar-refractivity contribution in [3.63, 3.8) is 0 Å². The summed E-state index contributed by atoms with van der Waals surface area (Å²) in [5.41, 5.74) is 1.58. The number of nitro benzene ring substituents is 1. The molecule has 7 heteroatoms. The Hall–Kier alpha value is -2.41. The van der Waals surface area contributed by atoms with Crippen LogP contribution in [-0.2, 0) is 11.2 Å². The number of carbonyl (C=O) groups is 1. The van der Waals surface area contributed by atoms with Gasteiger partial charge in [0.2, 0.25) is 5.91 Å². The molecular weight excluding hydrogens is 388 g/mol. The number of hydrogen-bond donors (Lipinski definition) is 1. The van der Waals surface area contributed by atoms with Gasteiger partial charge in [-0.15, -0.1) is 0 Å². The number of nitro groups is 1. The highest BCUT2D eigenvalue weighted by Crippen LogP contribution is 2.26. The Balaban J connectivity index is 1.77. The van der Waals surface area contributed by atoms with Crippen LogP contribution >= 0.6 is 15.9 Å². The molecule has 0 saturated heterocycles. The Kier molecular flexibility index (Phi) is 6.94. The molecule has 2 aromatic carbocycles. The fraction of sp³-hybridized carbons (Fsp3) is 0.278. The first-order valence-electron chi connectivity index (χ1n) is 7.95. The van der Waals surface area contributed by atoms with E-state index in [1.54, 1.807) is 6.07 Å². The molecule has 0 aromatic heterocycles. The van der Waals surface area contributed by atoms with E-state index >= 15 is 0 Å². The van der Waals surface area contributed by atoms with Crippen LogP contribution in [0.25, 0.3) is 0 Å². The summed E-state index contributed by atoms with van der Waals surface area (Å²) in [5, 5.41) is 13.4. The van der Waals surface area contributed by atoms with E-state index in [2.05, 4.69) is 28.2 Å². The number of benzene rings is 2. The number of hydrogen-bond acceptors (Lipinski definition) is 4. The van der Waals surface area contributed by atoms with Crippen LogP contribution in [0.5, 0.6) is 5.75 Å². The van der Waals surface area contributed by atoms with Gasteiger partial charge in [-0.05, 0) is 52.5 Å². The van der Waals surface area contributed by atoms with E-state index in [0.717, 1.165) is 16.6 Å². The molecule has 2 rings (SSSR count). The SMILES string of the molecule is CCc1ccc(OCCCC(=O)Nc2cccc([N+](=O)[O-])c2)c(Br)c1. The Morgan fingerprint density at radius 1 is 1.28 bits per heavy atom. The van der Waals surface area contributed by atoms with E-state index in [1.165, 1.54) is 23.8 Å². The monoisotopic (exact) mass is 406 g/mol. The smallest absolute Gasteiger partial charge is 0.271 e. The summed E-state index contributed by atoms with van der Waals surface area (Å²) in [6, 6.07) is 11.8. The molecule has 0 atom stereocenters. The van der Waals surface area contributed by atoms with Gasteiger partial charge in [0.05, 0.1) is 16.0 Å². The highest BCUT2D eigenvalue weighted by molar-refractivity contribution is 9.10. The van der Waals surface area contributed by atoms with Crippen LogP contribution in [0.3, 0.4) is 0 Å². The first-order valence-corrected chi connectivity index (χ1v) is 8.74. The predicted octanol–water partition coefficient (Wildman–Crippen LogP) is 4.72. The third-order valence-corrected chi connectivity index (χ3v) is 4.17. The molecule has 0 unspecified atom stereocenters. The van der Waals surface area contributed by atoms with Crippen LogP contribution in [-0.4, -0.2) is 17.4 Å². The molecular formula is C18H19BrN2O4. The summed E-state index contributed by atoms with van der Waals surface area (Å²) in [7, 11) is 0. The van der Waals surface area contributed by atoms with Gasteiger partial charge in [-0.3, -0.25) is 14.9 Å². The van der Waals surface area contributed by atoms with Crippen LogP contribution in [0.2, 0.25) is 0 Å². The second kappa shape index (κ2) is 9.17. The first kappa shape index (κ1) is 18.9. The predicted molar refractivity (Wildman–Crippen MR) is 100.0 cm³/mol. The number of carbonyl (C=O) groups excluding carboxylic acids is 1. The van der Waals surface area contributed by atoms with Crippen LogP contribution in [0, 0.1) is 10.1 Å². The number of nitrogens with one attached hydrogen (secondary N) is 1. The average Bonchev–Trinajstić information content (AvgIpc) is 2.59. The molecule has 0 aliphatic carbocycles. The maximum Gasteiger partial charge on any atom is 0.271 e. The first-order chi connectivity index (χ1) is 12.0. The molecule has 132 valence electrons. The standard InChI is InChI=1S/C18H19BrN2O4/c1-2-13-8-9-17(16(19)11-13)25-10-4-7-18(22)20-14-5-3-6-15(12-14)21(23)24/h3,5-6,8-9,11-12H,2,4,7,10H2,1H3,(H,20,22). The summed E-state index contributed by atoms with van der Waals surface area (Å²) in [4.78, 5) is 22.1. The molecule has 0 fully saturated rings. The molecule has 0 radical (unpaired) electrons. The van der Waals surface area contributed by atoms with Crippen molar-refractivity contribution in [2.24, 2.45) is 0 Å². The minimum atomic E-state index is -0.495. The molecule has 0 aliphatic heterocycles. The zero-order valence-electron chi connectivity index (χ0n) is 13.8. The fourth-order valence-electron chi connectivity index (χ4n) is 2.22. The highest BCUT2D eigenvalue weighted by atomic mass is 79.9. The lowest BCUT2D eigenvalue weighted by Crippen LogP contribution is -2.13. The molecule has 0 spiro atoms. The van der Waals surface area contributed by atoms with Gasteiger partial charge in [-0.25, -0.2) is 0 Å². The normalized spacial score (nSPS) is 10.3. The van der Waals surface area contributed by atoms with E-state index in [4.69, 9.17) is 4.74 Å². The van der Waals surface area contributed by atoms with Crippen molar-refractivity contribution < 1.29 is 14.5 Å². The average molecular weight is 407 g/mol. The Labute approximate surface area is 154 Å². The van der Waals surface area contributed by atoms with Gasteiger partial charge in [0.25, 0.3) is 5.69 Å². The molecule has 0 heterocycles.